The third-order valence-electron chi connectivity index (χ3n) is 3.17. The normalized spacial score (nSPS) is 11.2. The van der Waals surface area contributed by atoms with Crippen molar-refractivity contribution < 1.29 is 22.7 Å². The number of esters is 1. The van der Waals surface area contributed by atoms with Crippen LogP contribution in [0, 0.1) is 6.92 Å². The number of hydrogen-bond donors (Lipinski definition) is 1. The smallest absolute Gasteiger partial charge is 0.418 e. The van der Waals surface area contributed by atoms with Crippen LogP contribution in [0.1, 0.15) is 28.4 Å². The minimum atomic E-state index is -4.49. The predicted octanol–water partition coefficient (Wildman–Crippen LogP) is 4.93. The second kappa shape index (κ2) is 6.73. The molecule has 2 aromatic carbocycles. The molecule has 2 rings (SSSR count). The third kappa shape index (κ3) is 4.03. The van der Waals surface area contributed by atoms with Crippen molar-refractivity contribution >= 4 is 17.3 Å². The number of benzene rings is 2. The molecular formula is C17H16F3NO2. The molecule has 0 saturated heterocycles. The zero-order chi connectivity index (χ0) is 17.0. The highest BCUT2D eigenvalue weighted by atomic mass is 19.4. The van der Waals surface area contributed by atoms with Crippen LogP contribution in [0.2, 0.25) is 0 Å². The Morgan fingerprint density at radius 3 is 2.48 bits per heavy atom. The molecule has 3 nitrogen and oxygen atoms in total. The van der Waals surface area contributed by atoms with E-state index >= 15 is 0 Å². The van der Waals surface area contributed by atoms with Gasteiger partial charge in [-0.15, -0.1) is 0 Å². The number of carbonyl (C=O) groups excluding carboxylic acids is 1. The molecule has 0 fully saturated rings. The summed E-state index contributed by atoms with van der Waals surface area (Å²) < 4.78 is 44.2. The van der Waals surface area contributed by atoms with Crippen molar-refractivity contribution in [3.63, 3.8) is 0 Å². The van der Waals surface area contributed by atoms with E-state index in [1.165, 1.54) is 24.3 Å². The highest BCUT2D eigenvalue weighted by molar-refractivity contribution is 5.96. The van der Waals surface area contributed by atoms with E-state index in [0.717, 1.165) is 11.6 Å². The molecule has 6 heteroatoms. The number of ether oxygens (including phenoxy) is 1. The zero-order valence-corrected chi connectivity index (χ0v) is 12.7. The fraction of sp³-hybridized carbons (Fsp3) is 0.235. The Balaban J connectivity index is 2.45. The van der Waals surface area contributed by atoms with Crippen LogP contribution >= 0.6 is 0 Å². The number of hydrogen-bond acceptors (Lipinski definition) is 3. The molecule has 23 heavy (non-hydrogen) atoms. The van der Waals surface area contributed by atoms with Gasteiger partial charge in [0.05, 0.1) is 29.1 Å². The van der Waals surface area contributed by atoms with Gasteiger partial charge >= 0.3 is 12.1 Å². The topological polar surface area (TPSA) is 38.3 Å². The Kier molecular flexibility index (Phi) is 4.93. The first kappa shape index (κ1) is 16.9. The van der Waals surface area contributed by atoms with Crippen LogP contribution in [0.15, 0.2) is 42.5 Å². The van der Waals surface area contributed by atoms with Crippen LogP contribution in [0.25, 0.3) is 0 Å². The van der Waals surface area contributed by atoms with Crippen LogP contribution < -0.4 is 5.32 Å². The molecule has 0 atom stereocenters. The summed E-state index contributed by atoms with van der Waals surface area (Å²) in [4.78, 5) is 12.0. The average molecular weight is 323 g/mol. The number of anilines is 2. The van der Waals surface area contributed by atoms with Crippen molar-refractivity contribution in [1.29, 1.82) is 0 Å². The van der Waals surface area contributed by atoms with Gasteiger partial charge in [-0.05, 0) is 43.7 Å². The summed E-state index contributed by atoms with van der Waals surface area (Å²) >= 11 is 0. The molecule has 0 saturated carbocycles. The maximum Gasteiger partial charge on any atom is 0.418 e. The number of nitrogens with one attached hydrogen (secondary N) is 1. The minimum Gasteiger partial charge on any atom is -0.462 e. The lowest BCUT2D eigenvalue weighted by Crippen LogP contribution is -2.11. The summed E-state index contributed by atoms with van der Waals surface area (Å²) in [5, 5.41) is 2.71. The fourth-order valence-electron chi connectivity index (χ4n) is 2.13. The first-order valence-electron chi connectivity index (χ1n) is 7.04. The number of para-hydroxylation sites is 1. The van der Waals surface area contributed by atoms with Gasteiger partial charge in [-0.2, -0.15) is 13.2 Å². The summed E-state index contributed by atoms with van der Waals surface area (Å²) in [7, 11) is 0. The first-order valence-corrected chi connectivity index (χ1v) is 7.04. The third-order valence-corrected chi connectivity index (χ3v) is 3.17. The van der Waals surface area contributed by atoms with Gasteiger partial charge in [0.1, 0.15) is 0 Å². The summed E-state index contributed by atoms with van der Waals surface area (Å²) in [5.41, 5.74) is 0.368. The van der Waals surface area contributed by atoms with Crippen molar-refractivity contribution in [2.45, 2.75) is 20.0 Å². The van der Waals surface area contributed by atoms with E-state index in [4.69, 9.17) is 4.74 Å². The molecule has 0 spiro atoms. The molecule has 0 aliphatic carbocycles. The molecule has 0 aliphatic rings. The zero-order valence-electron chi connectivity index (χ0n) is 12.7. The van der Waals surface area contributed by atoms with E-state index in [9.17, 15) is 18.0 Å². The van der Waals surface area contributed by atoms with Crippen LogP contribution in [0.5, 0.6) is 0 Å². The van der Waals surface area contributed by atoms with Gasteiger partial charge in [0.2, 0.25) is 0 Å². The molecule has 0 heterocycles. The van der Waals surface area contributed by atoms with Gasteiger partial charge in [-0.3, -0.25) is 0 Å². The fourth-order valence-corrected chi connectivity index (χ4v) is 2.13. The van der Waals surface area contributed by atoms with Gasteiger partial charge in [0.15, 0.2) is 0 Å². The summed E-state index contributed by atoms with van der Waals surface area (Å²) in [5.74, 6) is -0.584. The standard InChI is InChI=1S/C17H16F3NO2/c1-3-23-16(22)12-9-8-11(2)10-15(12)21-14-7-5-4-6-13(14)17(18,19)20/h4-10,21H,3H2,1-2H3. The molecule has 122 valence electrons. The molecule has 2 aromatic rings. The van der Waals surface area contributed by atoms with Crippen molar-refractivity contribution in [2.24, 2.45) is 0 Å². The largest absolute Gasteiger partial charge is 0.462 e. The quantitative estimate of drug-likeness (QED) is 0.810. The molecule has 0 radical (unpaired) electrons. The Labute approximate surface area is 132 Å². The Morgan fingerprint density at radius 1 is 1.13 bits per heavy atom. The second-order valence-corrected chi connectivity index (χ2v) is 4.94. The number of aryl methyl sites for hydroxylation is 1. The number of alkyl halides is 3. The summed E-state index contributed by atoms with van der Waals surface area (Å²) in [6.07, 6.45) is -4.49. The first-order chi connectivity index (χ1) is 10.8. The molecule has 0 bridgehead atoms. The van der Waals surface area contributed by atoms with Crippen molar-refractivity contribution in [3.8, 4) is 0 Å². The van der Waals surface area contributed by atoms with Crippen LogP contribution in [-0.4, -0.2) is 12.6 Å². The highest BCUT2D eigenvalue weighted by Gasteiger charge is 2.33. The number of halogens is 3. The van der Waals surface area contributed by atoms with Gasteiger partial charge in [0.25, 0.3) is 0 Å². The lowest BCUT2D eigenvalue weighted by Gasteiger charge is -2.16. The Bertz CT molecular complexity index is 711. The summed E-state index contributed by atoms with van der Waals surface area (Å²) in [6.45, 7) is 3.64. The molecule has 0 aliphatic heterocycles. The Hall–Kier alpha value is -2.50. The highest BCUT2D eigenvalue weighted by Crippen LogP contribution is 2.36. The van der Waals surface area contributed by atoms with Crippen LogP contribution in [0.4, 0.5) is 24.5 Å². The van der Waals surface area contributed by atoms with Crippen molar-refractivity contribution in [1.82, 2.24) is 0 Å². The van der Waals surface area contributed by atoms with Crippen molar-refractivity contribution in [2.75, 3.05) is 11.9 Å². The molecule has 0 amide bonds. The van der Waals surface area contributed by atoms with Crippen molar-refractivity contribution in [3.05, 3.63) is 59.2 Å². The van der Waals surface area contributed by atoms with E-state index < -0.39 is 17.7 Å². The van der Waals surface area contributed by atoms with E-state index in [0.29, 0.717) is 0 Å². The van der Waals surface area contributed by atoms with E-state index in [-0.39, 0.29) is 23.5 Å². The SMILES string of the molecule is CCOC(=O)c1ccc(C)cc1Nc1ccccc1C(F)(F)F. The van der Waals surface area contributed by atoms with E-state index in [2.05, 4.69) is 5.32 Å². The predicted molar refractivity (Wildman–Crippen MR) is 81.9 cm³/mol. The van der Waals surface area contributed by atoms with Gasteiger partial charge in [-0.1, -0.05) is 18.2 Å². The molecule has 0 unspecified atom stereocenters. The summed E-state index contributed by atoms with van der Waals surface area (Å²) in [6, 6.07) is 9.97. The second-order valence-electron chi connectivity index (χ2n) is 4.94. The monoisotopic (exact) mass is 323 g/mol. The number of carbonyl (C=O) groups is 1. The van der Waals surface area contributed by atoms with Gasteiger partial charge in [-0.25, -0.2) is 4.79 Å². The minimum absolute atomic E-state index is 0.115. The lowest BCUT2D eigenvalue weighted by atomic mass is 10.1. The maximum atomic E-state index is 13.1. The average Bonchev–Trinajstić information content (AvgIpc) is 2.47. The lowest BCUT2D eigenvalue weighted by molar-refractivity contribution is -0.136. The molecular weight excluding hydrogens is 307 g/mol. The maximum absolute atomic E-state index is 13.1. The number of rotatable bonds is 4. The van der Waals surface area contributed by atoms with E-state index in [1.54, 1.807) is 26.0 Å². The van der Waals surface area contributed by atoms with E-state index in [1.807, 2.05) is 0 Å². The molecule has 1 N–H and O–H groups in total. The van der Waals surface area contributed by atoms with Gasteiger partial charge < -0.3 is 10.1 Å². The van der Waals surface area contributed by atoms with Crippen LogP contribution in [0.3, 0.4) is 0 Å². The van der Waals surface area contributed by atoms with Gasteiger partial charge in [0, 0.05) is 0 Å². The Morgan fingerprint density at radius 2 is 1.83 bits per heavy atom. The molecule has 0 aromatic heterocycles. The van der Waals surface area contributed by atoms with Crippen LogP contribution in [-0.2, 0) is 10.9 Å².